The fraction of sp³-hybridized carbons (Fsp3) is 0.231. The number of hydrogen-bond donors (Lipinski definition) is 3. The molecule has 9 nitrogen and oxygen atoms in total. The molecule has 4 rings (SSSR count). The normalized spacial score (nSPS) is 13.8. The van der Waals surface area contributed by atoms with Gasteiger partial charge in [0.15, 0.2) is 0 Å². The van der Waals surface area contributed by atoms with Gasteiger partial charge in [-0.3, -0.25) is 9.59 Å². The van der Waals surface area contributed by atoms with Crippen molar-refractivity contribution in [1.82, 2.24) is 4.72 Å². The molecule has 0 spiro atoms. The van der Waals surface area contributed by atoms with Crippen LogP contribution in [0.3, 0.4) is 0 Å². The Labute approximate surface area is 209 Å². The first-order chi connectivity index (χ1) is 17.3. The summed E-state index contributed by atoms with van der Waals surface area (Å²) in [6.07, 6.45) is 0.855. The summed E-state index contributed by atoms with van der Waals surface area (Å²) in [6, 6.07) is 17.4. The van der Waals surface area contributed by atoms with Gasteiger partial charge in [-0.25, -0.2) is 8.42 Å². The monoisotopic (exact) mass is 509 g/mol. The van der Waals surface area contributed by atoms with Crippen LogP contribution in [-0.2, 0) is 32.5 Å². The zero-order valence-electron chi connectivity index (χ0n) is 19.9. The number of amides is 2. The van der Waals surface area contributed by atoms with Crippen molar-refractivity contribution in [2.75, 3.05) is 24.9 Å². The standard InChI is InChI=1S/C26H27N3O6S/c1-34-19-9-11-22(24(16-19)35-2)28-26(31)23(14-17-6-4-3-5-7-17)29-36(32,33)20-10-12-21-18(15-20)8-13-25(30)27-21/h3-7,9-12,15-16,23,29H,8,13-14H2,1-2H3,(H,27,30)(H,28,31). The molecule has 0 saturated heterocycles. The zero-order chi connectivity index (χ0) is 25.7. The molecule has 1 aliphatic heterocycles. The number of ether oxygens (including phenoxy) is 2. The molecule has 2 amide bonds. The number of aryl methyl sites for hydroxylation is 1. The molecule has 0 radical (unpaired) electrons. The number of hydrogen-bond acceptors (Lipinski definition) is 6. The van der Waals surface area contributed by atoms with Crippen LogP contribution in [0.1, 0.15) is 17.5 Å². The highest BCUT2D eigenvalue weighted by Gasteiger charge is 2.28. The summed E-state index contributed by atoms with van der Waals surface area (Å²) in [4.78, 5) is 25.0. The van der Waals surface area contributed by atoms with Crippen molar-refractivity contribution >= 4 is 33.2 Å². The molecule has 0 aliphatic carbocycles. The molecule has 1 aliphatic rings. The Morgan fingerprint density at radius 3 is 2.50 bits per heavy atom. The number of benzene rings is 3. The van der Waals surface area contributed by atoms with Crippen LogP contribution < -0.4 is 24.8 Å². The molecule has 0 bridgehead atoms. The molecule has 1 unspecified atom stereocenters. The van der Waals surface area contributed by atoms with E-state index in [1.165, 1.54) is 26.4 Å². The predicted octanol–water partition coefficient (Wildman–Crippen LogP) is 3.12. The highest BCUT2D eigenvalue weighted by atomic mass is 32.2. The largest absolute Gasteiger partial charge is 0.497 e. The van der Waals surface area contributed by atoms with E-state index in [2.05, 4.69) is 15.4 Å². The second-order valence-electron chi connectivity index (χ2n) is 8.29. The fourth-order valence-corrected chi connectivity index (χ4v) is 5.19. The van der Waals surface area contributed by atoms with E-state index in [1.807, 2.05) is 30.3 Å². The Kier molecular flexibility index (Phi) is 7.56. The lowest BCUT2D eigenvalue weighted by Gasteiger charge is -2.21. The Bertz CT molecular complexity index is 1380. The third-order valence-electron chi connectivity index (χ3n) is 5.85. The first kappa shape index (κ1) is 25.2. The lowest BCUT2D eigenvalue weighted by molar-refractivity contribution is -0.118. The number of methoxy groups -OCH3 is 2. The molecular formula is C26H27N3O6S. The van der Waals surface area contributed by atoms with E-state index < -0.39 is 22.0 Å². The van der Waals surface area contributed by atoms with Gasteiger partial charge in [0, 0.05) is 18.2 Å². The molecule has 0 saturated carbocycles. The van der Waals surface area contributed by atoms with E-state index >= 15 is 0 Å². The summed E-state index contributed by atoms with van der Waals surface area (Å²) in [5.74, 6) is 0.275. The summed E-state index contributed by atoms with van der Waals surface area (Å²) in [7, 11) is -1.08. The third-order valence-corrected chi connectivity index (χ3v) is 7.31. The van der Waals surface area contributed by atoms with Crippen LogP contribution >= 0.6 is 0 Å². The van der Waals surface area contributed by atoms with Crippen molar-refractivity contribution in [3.05, 3.63) is 77.9 Å². The zero-order valence-corrected chi connectivity index (χ0v) is 20.7. The number of rotatable bonds is 9. The van der Waals surface area contributed by atoms with Gasteiger partial charge in [0.2, 0.25) is 21.8 Å². The van der Waals surface area contributed by atoms with E-state index in [9.17, 15) is 18.0 Å². The van der Waals surface area contributed by atoms with Crippen LogP contribution in [0.2, 0.25) is 0 Å². The Balaban J connectivity index is 1.61. The number of carbonyl (C=O) groups is 2. The molecule has 1 atom stereocenters. The molecule has 36 heavy (non-hydrogen) atoms. The van der Waals surface area contributed by atoms with Crippen LogP contribution in [0.5, 0.6) is 11.5 Å². The minimum absolute atomic E-state index is 0.0188. The quantitative estimate of drug-likeness (QED) is 0.407. The summed E-state index contributed by atoms with van der Waals surface area (Å²) >= 11 is 0. The van der Waals surface area contributed by atoms with Crippen molar-refractivity contribution in [3.63, 3.8) is 0 Å². The van der Waals surface area contributed by atoms with Crippen molar-refractivity contribution in [1.29, 1.82) is 0 Å². The number of anilines is 2. The third kappa shape index (κ3) is 5.84. The predicted molar refractivity (Wildman–Crippen MR) is 136 cm³/mol. The Hall–Kier alpha value is -3.89. The lowest BCUT2D eigenvalue weighted by Crippen LogP contribution is -2.45. The fourth-order valence-electron chi connectivity index (χ4n) is 3.94. The lowest BCUT2D eigenvalue weighted by atomic mass is 10.0. The Morgan fingerprint density at radius 1 is 1.00 bits per heavy atom. The van der Waals surface area contributed by atoms with Crippen LogP contribution in [0.25, 0.3) is 0 Å². The maximum Gasteiger partial charge on any atom is 0.243 e. The summed E-state index contributed by atoms with van der Waals surface area (Å²) < 4.78 is 39.8. The van der Waals surface area contributed by atoms with Crippen molar-refractivity contribution in [2.45, 2.75) is 30.2 Å². The molecule has 188 valence electrons. The Morgan fingerprint density at radius 2 is 1.78 bits per heavy atom. The second kappa shape index (κ2) is 10.8. The van der Waals surface area contributed by atoms with Gasteiger partial charge in [-0.2, -0.15) is 4.72 Å². The van der Waals surface area contributed by atoms with E-state index in [1.54, 1.807) is 24.3 Å². The van der Waals surface area contributed by atoms with Gasteiger partial charge in [-0.15, -0.1) is 0 Å². The van der Waals surface area contributed by atoms with Gasteiger partial charge in [0.25, 0.3) is 0 Å². The SMILES string of the molecule is COc1ccc(NC(=O)C(Cc2ccccc2)NS(=O)(=O)c2ccc3c(c2)CCC(=O)N3)c(OC)c1. The van der Waals surface area contributed by atoms with Crippen molar-refractivity contribution in [2.24, 2.45) is 0 Å². The van der Waals surface area contributed by atoms with Gasteiger partial charge in [0.1, 0.15) is 17.5 Å². The minimum atomic E-state index is -4.07. The van der Waals surface area contributed by atoms with E-state index in [0.29, 0.717) is 29.3 Å². The van der Waals surface area contributed by atoms with Crippen LogP contribution in [0, 0.1) is 0 Å². The molecule has 1 heterocycles. The number of carbonyl (C=O) groups excluding carboxylic acids is 2. The maximum atomic E-state index is 13.3. The molecule has 3 N–H and O–H groups in total. The van der Waals surface area contributed by atoms with Crippen molar-refractivity contribution in [3.8, 4) is 11.5 Å². The van der Waals surface area contributed by atoms with Crippen LogP contribution in [0.4, 0.5) is 11.4 Å². The molecule has 0 fully saturated rings. The highest BCUT2D eigenvalue weighted by Crippen LogP contribution is 2.30. The smallest absolute Gasteiger partial charge is 0.243 e. The minimum Gasteiger partial charge on any atom is -0.497 e. The molecule has 10 heteroatoms. The first-order valence-electron chi connectivity index (χ1n) is 11.3. The maximum absolute atomic E-state index is 13.3. The first-order valence-corrected chi connectivity index (χ1v) is 12.8. The molecule has 3 aromatic rings. The molecular weight excluding hydrogens is 482 g/mol. The summed E-state index contributed by atoms with van der Waals surface area (Å²) in [5.41, 5.74) is 2.49. The highest BCUT2D eigenvalue weighted by molar-refractivity contribution is 7.89. The average Bonchev–Trinajstić information content (AvgIpc) is 2.88. The van der Waals surface area contributed by atoms with Gasteiger partial charge in [0.05, 0.1) is 24.8 Å². The second-order valence-corrected chi connectivity index (χ2v) is 10.0. The summed E-state index contributed by atoms with van der Waals surface area (Å²) in [6.45, 7) is 0. The topological polar surface area (TPSA) is 123 Å². The van der Waals surface area contributed by atoms with Gasteiger partial charge in [-0.05, 0) is 54.3 Å². The van der Waals surface area contributed by atoms with Crippen LogP contribution in [0.15, 0.2) is 71.6 Å². The van der Waals surface area contributed by atoms with Gasteiger partial charge < -0.3 is 20.1 Å². The average molecular weight is 510 g/mol. The van der Waals surface area contributed by atoms with E-state index in [4.69, 9.17) is 9.47 Å². The molecule has 0 aromatic heterocycles. The van der Waals surface area contributed by atoms with E-state index in [0.717, 1.165) is 11.1 Å². The van der Waals surface area contributed by atoms with Gasteiger partial charge in [-0.1, -0.05) is 30.3 Å². The number of nitrogens with one attached hydrogen (secondary N) is 3. The van der Waals surface area contributed by atoms with Crippen molar-refractivity contribution < 1.29 is 27.5 Å². The van der Waals surface area contributed by atoms with Gasteiger partial charge >= 0.3 is 0 Å². The van der Waals surface area contributed by atoms with E-state index in [-0.39, 0.29) is 23.6 Å². The van der Waals surface area contributed by atoms with Crippen LogP contribution in [-0.4, -0.2) is 40.5 Å². The number of sulfonamides is 1. The summed E-state index contributed by atoms with van der Waals surface area (Å²) in [5, 5.41) is 5.51. The molecule has 3 aromatic carbocycles. The number of fused-ring (bicyclic) bond motifs is 1.